The SMILES string of the molecule is COCC1CCCN(CC(C)(C)C=O)C1. The van der Waals surface area contributed by atoms with E-state index in [4.69, 9.17) is 4.74 Å². The van der Waals surface area contributed by atoms with Gasteiger partial charge in [-0.1, -0.05) is 13.8 Å². The van der Waals surface area contributed by atoms with Gasteiger partial charge in [-0.05, 0) is 25.3 Å². The monoisotopic (exact) mass is 213 g/mol. The smallest absolute Gasteiger partial charge is 0.126 e. The molecule has 0 spiro atoms. The Balaban J connectivity index is 2.39. The molecule has 0 bridgehead atoms. The molecule has 0 aromatic rings. The number of carbonyl (C=O) groups excluding carboxylic acids is 1. The number of rotatable bonds is 5. The highest BCUT2D eigenvalue weighted by molar-refractivity contribution is 5.58. The first-order valence-electron chi connectivity index (χ1n) is 5.75. The molecular formula is C12H23NO2. The second-order valence-corrected chi connectivity index (χ2v) is 5.31. The molecule has 1 aliphatic heterocycles. The molecule has 1 fully saturated rings. The van der Waals surface area contributed by atoms with Crippen LogP contribution < -0.4 is 0 Å². The largest absolute Gasteiger partial charge is 0.384 e. The molecule has 0 radical (unpaired) electrons. The fraction of sp³-hybridized carbons (Fsp3) is 0.917. The second kappa shape index (κ2) is 5.61. The predicted molar refractivity (Wildman–Crippen MR) is 60.9 cm³/mol. The van der Waals surface area contributed by atoms with Crippen LogP contribution in [0.15, 0.2) is 0 Å². The first-order valence-corrected chi connectivity index (χ1v) is 5.75. The van der Waals surface area contributed by atoms with Crippen molar-refractivity contribution in [1.29, 1.82) is 0 Å². The number of aldehydes is 1. The number of hydrogen-bond acceptors (Lipinski definition) is 3. The van der Waals surface area contributed by atoms with Crippen molar-refractivity contribution in [3.8, 4) is 0 Å². The zero-order valence-corrected chi connectivity index (χ0v) is 10.2. The van der Waals surface area contributed by atoms with Crippen LogP contribution in [0.4, 0.5) is 0 Å². The van der Waals surface area contributed by atoms with E-state index >= 15 is 0 Å². The fourth-order valence-electron chi connectivity index (χ4n) is 2.28. The molecular weight excluding hydrogens is 190 g/mol. The van der Waals surface area contributed by atoms with Crippen LogP contribution in [0.5, 0.6) is 0 Å². The summed E-state index contributed by atoms with van der Waals surface area (Å²) in [5.41, 5.74) is -0.213. The van der Waals surface area contributed by atoms with Gasteiger partial charge in [0.25, 0.3) is 0 Å². The highest BCUT2D eigenvalue weighted by Crippen LogP contribution is 2.21. The number of piperidine rings is 1. The maximum Gasteiger partial charge on any atom is 0.126 e. The van der Waals surface area contributed by atoms with E-state index < -0.39 is 0 Å². The zero-order valence-electron chi connectivity index (χ0n) is 10.2. The maximum atomic E-state index is 10.9. The lowest BCUT2D eigenvalue weighted by molar-refractivity contribution is -0.115. The standard InChI is InChI=1S/C12H23NO2/c1-12(2,10-14)9-13-6-4-5-11(7-13)8-15-3/h10-11H,4-9H2,1-3H3. The Morgan fingerprint density at radius 3 is 2.87 bits per heavy atom. The molecule has 3 nitrogen and oxygen atoms in total. The maximum absolute atomic E-state index is 10.9. The summed E-state index contributed by atoms with van der Waals surface area (Å²) in [6.07, 6.45) is 3.54. The minimum atomic E-state index is -0.213. The van der Waals surface area contributed by atoms with Crippen molar-refractivity contribution in [1.82, 2.24) is 4.90 Å². The molecule has 88 valence electrons. The normalized spacial score (nSPS) is 24.1. The second-order valence-electron chi connectivity index (χ2n) is 5.31. The minimum absolute atomic E-state index is 0.213. The summed E-state index contributed by atoms with van der Waals surface area (Å²) < 4.78 is 5.19. The van der Waals surface area contributed by atoms with Crippen molar-refractivity contribution in [2.45, 2.75) is 26.7 Å². The zero-order chi connectivity index (χ0) is 11.3. The van der Waals surface area contributed by atoms with Crippen LogP contribution in [-0.4, -0.2) is 44.5 Å². The average Bonchev–Trinajstić information content (AvgIpc) is 2.18. The Labute approximate surface area is 92.8 Å². The van der Waals surface area contributed by atoms with Gasteiger partial charge in [0.2, 0.25) is 0 Å². The number of hydrogen-bond donors (Lipinski definition) is 0. The molecule has 1 rings (SSSR count). The molecule has 0 aromatic carbocycles. The Bertz CT molecular complexity index is 202. The summed E-state index contributed by atoms with van der Waals surface area (Å²) in [6.45, 7) is 7.91. The summed E-state index contributed by atoms with van der Waals surface area (Å²) in [6, 6.07) is 0. The van der Waals surface area contributed by atoms with Crippen LogP contribution in [0, 0.1) is 11.3 Å². The van der Waals surface area contributed by atoms with Crippen molar-refractivity contribution in [3.63, 3.8) is 0 Å². The third kappa shape index (κ3) is 4.31. The van der Waals surface area contributed by atoms with Gasteiger partial charge in [0, 0.05) is 25.6 Å². The van der Waals surface area contributed by atoms with Gasteiger partial charge in [-0.25, -0.2) is 0 Å². The molecule has 0 aliphatic carbocycles. The van der Waals surface area contributed by atoms with E-state index in [0.717, 1.165) is 32.5 Å². The van der Waals surface area contributed by atoms with E-state index in [0.29, 0.717) is 5.92 Å². The Kier molecular flexibility index (Phi) is 4.74. The molecule has 0 amide bonds. The Morgan fingerprint density at radius 2 is 2.27 bits per heavy atom. The van der Waals surface area contributed by atoms with Gasteiger partial charge in [0.05, 0.1) is 6.61 Å². The Hall–Kier alpha value is -0.410. The van der Waals surface area contributed by atoms with Crippen LogP contribution in [0.2, 0.25) is 0 Å². The number of ether oxygens (including phenoxy) is 1. The summed E-state index contributed by atoms with van der Waals surface area (Å²) >= 11 is 0. The molecule has 1 heterocycles. The number of methoxy groups -OCH3 is 1. The van der Waals surface area contributed by atoms with Gasteiger partial charge in [-0.2, -0.15) is 0 Å². The van der Waals surface area contributed by atoms with E-state index in [2.05, 4.69) is 4.90 Å². The van der Waals surface area contributed by atoms with E-state index in [1.165, 1.54) is 12.8 Å². The molecule has 1 unspecified atom stereocenters. The van der Waals surface area contributed by atoms with E-state index in [9.17, 15) is 4.79 Å². The van der Waals surface area contributed by atoms with Crippen molar-refractivity contribution in [2.24, 2.45) is 11.3 Å². The highest BCUT2D eigenvalue weighted by Gasteiger charge is 2.25. The fourth-order valence-corrected chi connectivity index (χ4v) is 2.28. The van der Waals surface area contributed by atoms with Gasteiger partial charge < -0.3 is 14.4 Å². The molecule has 0 saturated carbocycles. The molecule has 0 N–H and O–H groups in total. The summed E-state index contributed by atoms with van der Waals surface area (Å²) in [4.78, 5) is 13.2. The number of likely N-dealkylation sites (tertiary alicyclic amines) is 1. The van der Waals surface area contributed by atoms with E-state index in [1.54, 1.807) is 7.11 Å². The van der Waals surface area contributed by atoms with Crippen LogP contribution in [0.1, 0.15) is 26.7 Å². The molecule has 1 saturated heterocycles. The summed E-state index contributed by atoms with van der Waals surface area (Å²) in [7, 11) is 1.76. The predicted octanol–water partition coefficient (Wildman–Crippen LogP) is 1.57. The van der Waals surface area contributed by atoms with Crippen LogP contribution in [0.25, 0.3) is 0 Å². The van der Waals surface area contributed by atoms with Gasteiger partial charge in [-0.3, -0.25) is 0 Å². The third-order valence-corrected chi connectivity index (χ3v) is 2.96. The van der Waals surface area contributed by atoms with Crippen molar-refractivity contribution >= 4 is 6.29 Å². The van der Waals surface area contributed by atoms with E-state index in [1.807, 2.05) is 13.8 Å². The molecule has 3 heteroatoms. The minimum Gasteiger partial charge on any atom is -0.384 e. The molecule has 0 aromatic heterocycles. The van der Waals surface area contributed by atoms with Crippen LogP contribution >= 0.6 is 0 Å². The quantitative estimate of drug-likeness (QED) is 0.649. The van der Waals surface area contributed by atoms with Crippen LogP contribution in [0.3, 0.4) is 0 Å². The topological polar surface area (TPSA) is 29.5 Å². The van der Waals surface area contributed by atoms with Crippen molar-refractivity contribution in [3.05, 3.63) is 0 Å². The molecule has 1 aliphatic rings. The third-order valence-electron chi connectivity index (χ3n) is 2.96. The van der Waals surface area contributed by atoms with Crippen LogP contribution in [-0.2, 0) is 9.53 Å². The summed E-state index contributed by atoms with van der Waals surface area (Å²) in [5.74, 6) is 0.645. The molecule has 1 atom stereocenters. The first-order chi connectivity index (χ1) is 7.07. The highest BCUT2D eigenvalue weighted by atomic mass is 16.5. The van der Waals surface area contributed by atoms with Gasteiger partial charge in [-0.15, -0.1) is 0 Å². The van der Waals surface area contributed by atoms with Crippen molar-refractivity contribution in [2.75, 3.05) is 33.4 Å². The van der Waals surface area contributed by atoms with Gasteiger partial charge in [0.15, 0.2) is 0 Å². The lowest BCUT2D eigenvalue weighted by atomic mass is 9.92. The number of nitrogens with zero attached hydrogens (tertiary/aromatic N) is 1. The lowest BCUT2D eigenvalue weighted by Gasteiger charge is -2.35. The summed E-state index contributed by atoms with van der Waals surface area (Å²) in [5, 5.41) is 0. The van der Waals surface area contributed by atoms with Crippen molar-refractivity contribution < 1.29 is 9.53 Å². The Morgan fingerprint density at radius 1 is 1.53 bits per heavy atom. The number of carbonyl (C=O) groups is 1. The first kappa shape index (κ1) is 12.7. The van der Waals surface area contributed by atoms with Gasteiger partial charge in [0.1, 0.15) is 6.29 Å². The van der Waals surface area contributed by atoms with E-state index in [-0.39, 0.29) is 5.41 Å². The lowest BCUT2D eigenvalue weighted by Crippen LogP contribution is -2.42. The van der Waals surface area contributed by atoms with Gasteiger partial charge >= 0.3 is 0 Å². The average molecular weight is 213 g/mol. The molecule has 15 heavy (non-hydrogen) atoms.